The van der Waals surface area contributed by atoms with Gasteiger partial charge in [0.15, 0.2) is 4.67 Å². The molecule has 0 aliphatic carbocycles. The number of ether oxygens (including phenoxy) is 1. The minimum atomic E-state index is 0.320. The van der Waals surface area contributed by atoms with Crippen LogP contribution in [0.1, 0.15) is 31.6 Å². The van der Waals surface area contributed by atoms with Gasteiger partial charge in [-0.15, -0.1) is 0 Å². The molecule has 1 saturated heterocycles. The highest BCUT2D eigenvalue weighted by molar-refractivity contribution is 9.10. The molecule has 1 fully saturated rings. The van der Waals surface area contributed by atoms with Gasteiger partial charge in [0.25, 0.3) is 0 Å². The van der Waals surface area contributed by atoms with Crippen LogP contribution in [-0.2, 0) is 4.74 Å². The molecule has 90 valence electrons. The fourth-order valence-corrected chi connectivity index (χ4v) is 2.58. The Morgan fingerprint density at radius 2 is 2.19 bits per heavy atom. The van der Waals surface area contributed by atoms with Crippen molar-refractivity contribution in [3.05, 3.63) is 22.6 Å². The molecule has 2 heterocycles. The Morgan fingerprint density at radius 1 is 1.44 bits per heavy atom. The van der Waals surface area contributed by atoms with Crippen molar-refractivity contribution >= 4 is 15.9 Å². The van der Waals surface area contributed by atoms with Crippen molar-refractivity contribution in [3.8, 4) is 0 Å². The Labute approximate surface area is 105 Å². The first kappa shape index (κ1) is 12.1. The van der Waals surface area contributed by atoms with Gasteiger partial charge in [-0.3, -0.25) is 0 Å². The molecule has 0 bridgehead atoms. The Hall–Kier alpha value is -0.320. The van der Waals surface area contributed by atoms with Crippen molar-refractivity contribution in [1.29, 1.82) is 0 Å². The average Bonchev–Trinajstić information content (AvgIpc) is 2.74. The molecule has 0 aromatic carbocycles. The smallest absolute Gasteiger partial charge is 0.169 e. The van der Waals surface area contributed by atoms with Gasteiger partial charge in [-0.1, -0.05) is 6.92 Å². The zero-order valence-electron chi connectivity index (χ0n) is 9.54. The van der Waals surface area contributed by atoms with Gasteiger partial charge in [0.1, 0.15) is 5.76 Å². The summed E-state index contributed by atoms with van der Waals surface area (Å²) in [5.41, 5.74) is 0. The van der Waals surface area contributed by atoms with Crippen molar-refractivity contribution in [2.75, 3.05) is 19.8 Å². The molecule has 1 atom stereocenters. The van der Waals surface area contributed by atoms with E-state index in [1.807, 2.05) is 12.1 Å². The van der Waals surface area contributed by atoms with Crippen LogP contribution < -0.4 is 5.32 Å². The van der Waals surface area contributed by atoms with Gasteiger partial charge in [-0.2, -0.15) is 0 Å². The molecule has 2 rings (SSSR count). The number of nitrogens with one attached hydrogen (secondary N) is 1. The highest BCUT2D eigenvalue weighted by Gasteiger charge is 2.26. The topological polar surface area (TPSA) is 34.4 Å². The van der Waals surface area contributed by atoms with Gasteiger partial charge in [-0.25, -0.2) is 0 Å². The van der Waals surface area contributed by atoms with E-state index < -0.39 is 0 Å². The van der Waals surface area contributed by atoms with Gasteiger partial charge < -0.3 is 14.5 Å². The minimum absolute atomic E-state index is 0.320. The van der Waals surface area contributed by atoms with Gasteiger partial charge in [0.05, 0.1) is 6.04 Å². The third-order valence-electron chi connectivity index (χ3n) is 3.06. The van der Waals surface area contributed by atoms with Crippen LogP contribution in [0, 0.1) is 5.92 Å². The lowest BCUT2D eigenvalue weighted by atomic mass is 9.90. The van der Waals surface area contributed by atoms with Crippen LogP contribution in [0.15, 0.2) is 21.2 Å². The first-order chi connectivity index (χ1) is 7.81. The molecular weight excluding hydrogens is 270 g/mol. The standard InChI is InChI=1S/C12H18BrNO2/c1-2-14-12(9-5-7-15-8-6-9)10-3-4-11(13)16-10/h3-4,9,12,14H,2,5-8H2,1H3. The van der Waals surface area contributed by atoms with Gasteiger partial charge in [0, 0.05) is 13.2 Å². The van der Waals surface area contributed by atoms with Crippen LogP contribution in [0.3, 0.4) is 0 Å². The maximum atomic E-state index is 5.66. The first-order valence-corrected chi connectivity index (χ1v) is 6.67. The second kappa shape index (κ2) is 5.84. The number of hydrogen-bond acceptors (Lipinski definition) is 3. The predicted octanol–water partition coefficient (Wildman–Crippen LogP) is 3.12. The molecule has 0 saturated carbocycles. The minimum Gasteiger partial charge on any atom is -0.453 e. The van der Waals surface area contributed by atoms with Crippen molar-refractivity contribution in [2.45, 2.75) is 25.8 Å². The molecule has 1 aromatic rings. The normalized spacial score (nSPS) is 19.9. The Bertz CT molecular complexity index is 321. The summed E-state index contributed by atoms with van der Waals surface area (Å²) in [6.07, 6.45) is 2.21. The Balaban J connectivity index is 2.09. The van der Waals surface area contributed by atoms with Gasteiger partial charge >= 0.3 is 0 Å². The fourth-order valence-electron chi connectivity index (χ4n) is 2.26. The van der Waals surface area contributed by atoms with Gasteiger partial charge in [0.2, 0.25) is 0 Å². The number of halogens is 1. The summed E-state index contributed by atoms with van der Waals surface area (Å²) >= 11 is 3.36. The summed E-state index contributed by atoms with van der Waals surface area (Å²) in [7, 11) is 0. The van der Waals surface area contributed by atoms with Crippen molar-refractivity contribution in [1.82, 2.24) is 5.32 Å². The third kappa shape index (κ3) is 2.87. The maximum Gasteiger partial charge on any atom is 0.169 e. The predicted molar refractivity (Wildman–Crippen MR) is 66.4 cm³/mol. The molecule has 1 aliphatic heterocycles. The zero-order valence-corrected chi connectivity index (χ0v) is 11.1. The summed E-state index contributed by atoms with van der Waals surface area (Å²) < 4.78 is 11.9. The number of rotatable bonds is 4. The molecule has 1 N–H and O–H groups in total. The summed E-state index contributed by atoms with van der Waals surface area (Å²) in [6.45, 7) is 4.83. The first-order valence-electron chi connectivity index (χ1n) is 5.87. The molecule has 1 aliphatic rings. The second-order valence-electron chi connectivity index (χ2n) is 4.13. The monoisotopic (exact) mass is 287 g/mol. The van der Waals surface area contributed by atoms with E-state index in [-0.39, 0.29) is 0 Å². The van der Waals surface area contributed by atoms with Crippen LogP contribution in [0.2, 0.25) is 0 Å². The molecule has 0 amide bonds. The highest BCUT2D eigenvalue weighted by atomic mass is 79.9. The second-order valence-corrected chi connectivity index (χ2v) is 4.91. The van der Waals surface area contributed by atoms with Crippen molar-refractivity contribution in [3.63, 3.8) is 0 Å². The van der Waals surface area contributed by atoms with E-state index in [1.54, 1.807) is 0 Å². The lowest BCUT2D eigenvalue weighted by Crippen LogP contribution is -2.31. The molecular formula is C12H18BrNO2. The molecule has 4 heteroatoms. The van der Waals surface area contributed by atoms with Crippen molar-refractivity contribution in [2.24, 2.45) is 5.92 Å². The van der Waals surface area contributed by atoms with Crippen LogP contribution in [-0.4, -0.2) is 19.8 Å². The maximum absolute atomic E-state index is 5.66. The van der Waals surface area contributed by atoms with Crippen molar-refractivity contribution < 1.29 is 9.15 Å². The van der Waals surface area contributed by atoms with Gasteiger partial charge in [-0.05, 0) is 53.4 Å². The zero-order chi connectivity index (χ0) is 11.4. The van der Waals surface area contributed by atoms with Crippen LogP contribution in [0.4, 0.5) is 0 Å². The van der Waals surface area contributed by atoms with E-state index in [2.05, 4.69) is 28.2 Å². The molecule has 0 radical (unpaired) electrons. The van der Waals surface area contributed by atoms with E-state index >= 15 is 0 Å². The fraction of sp³-hybridized carbons (Fsp3) is 0.667. The number of furan rings is 1. The summed E-state index contributed by atoms with van der Waals surface area (Å²) in [6, 6.07) is 4.33. The molecule has 1 aromatic heterocycles. The largest absolute Gasteiger partial charge is 0.453 e. The SMILES string of the molecule is CCNC(c1ccc(Br)o1)C1CCOCC1. The summed E-state index contributed by atoms with van der Waals surface area (Å²) in [5.74, 6) is 1.65. The van der Waals surface area contributed by atoms with Crippen LogP contribution in [0.5, 0.6) is 0 Å². The average molecular weight is 288 g/mol. The van der Waals surface area contributed by atoms with E-state index in [0.717, 1.165) is 43.0 Å². The third-order valence-corrected chi connectivity index (χ3v) is 3.49. The quantitative estimate of drug-likeness (QED) is 0.924. The molecule has 1 unspecified atom stereocenters. The highest BCUT2D eigenvalue weighted by Crippen LogP contribution is 2.31. The van der Waals surface area contributed by atoms with E-state index in [1.165, 1.54) is 0 Å². The van der Waals surface area contributed by atoms with E-state index in [4.69, 9.17) is 9.15 Å². The molecule has 0 spiro atoms. The lowest BCUT2D eigenvalue weighted by molar-refractivity contribution is 0.0507. The van der Waals surface area contributed by atoms with Crippen LogP contribution >= 0.6 is 15.9 Å². The Kier molecular flexibility index (Phi) is 4.44. The Morgan fingerprint density at radius 3 is 2.75 bits per heavy atom. The van der Waals surface area contributed by atoms with E-state index in [9.17, 15) is 0 Å². The number of hydrogen-bond donors (Lipinski definition) is 1. The molecule has 16 heavy (non-hydrogen) atoms. The van der Waals surface area contributed by atoms with Crippen LogP contribution in [0.25, 0.3) is 0 Å². The summed E-state index contributed by atoms with van der Waals surface area (Å²) in [5, 5.41) is 3.51. The molecule has 3 nitrogen and oxygen atoms in total. The van der Waals surface area contributed by atoms with E-state index in [0.29, 0.717) is 12.0 Å². The lowest BCUT2D eigenvalue weighted by Gasteiger charge is -2.29. The summed E-state index contributed by atoms with van der Waals surface area (Å²) in [4.78, 5) is 0.